The number of likely N-dealkylation sites (tertiary alicyclic amines) is 1. The van der Waals surface area contributed by atoms with Crippen LogP contribution in [0.5, 0.6) is 0 Å². The number of cyclic esters (lactones) is 1. The third kappa shape index (κ3) is 5.45. The molecule has 0 aromatic carbocycles. The monoisotopic (exact) mass is 472 g/mol. The van der Waals surface area contributed by atoms with Crippen molar-refractivity contribution in [3.8, 4) is 0 Å². The van der Waals surface area contributed by atoms with Gasteiger partial charge in [0.15, 0.2) is 0 Å². The minimum Gasteiger partial charge on any atom is -0.480 e. The van der Waals surface area contributed by atoms with E-state index in [0.717, 1.165) is 57.3 Å². The number of unbranched alkanes of at least 4 members (excludes halogenated alkanes) is 1. The van der Waals surface area contributed by atoms with Crippen molar-refractivity contribution in [1.82, 2.24) is 14.8 Å². The third-order valence-electron chi connectivity index (χ3n) is 7.56. The highest BCUT2D eigenvalue weighted by atomic mass is 16.6. The van der Waals surface area contributed by atoms with E-state index in [1.54, 1.807) is 12.4 Å². The summed E-state index contributed by atoms with van der Waals surface area (Å²) in [5.41, 5.74) is 1.16. The van der Waals surface area contributed by atoms with Crippen LogP contribution >= 0.6 is 0 Å². The smallest absolute Gasteiger partial charge is 0.410 e. The van der Waals surface area contributed by atoms with Crippen LogP contribution in [0.15, 0.2) is 24.5 Å². The molecule has 3 atom stereocenters. The lowest BCUT2D eigenvalue weighted by atomic mass is 9.98. The summed E-state index contributed by atoms with van der Waals surface area (Å²) >= 11 is 0. The summed E-state index contributed by atoms with van der Waals surface area (Å²) in [6, 6.07) is 3.54. The molecule has 0 saturated carbocycles. The molecule has 34 heavy (non-hydrogen) atoms. The number of hydrogen-bond donors (Lipinski definition) is 1. The van der Waals surface area contributed by atoms with Gasteiger partial charge < -0.3 is 19.6 Å². The summed E-state index contributed by atoms with van der Waals surface area (Å²) in [4.78, 5) is 46.5. The second-order valence-corrected chi connectivity index (χ2v) is 9.68. The lowest BCUT2D eigenvalue weighted by Gasteiger charge is -2.38. The van der Waals surface area contributed by atoms with Gasteiger partial charge in [-0.25, -0.2) is 9.59 Å². The molecule has 1 N–H and O–H groups in total. The van der Waals surface area contributed by atoms with Crippen LogP contribution in [0.1, 0.15) is 64.7 Å². The van der Waals surface area contributed by atoms with Crippen molar-refractivity contribution in [1.29, 1.82) is 0 Å². The number of carbonyl (C=O) groups excluding carboxylic acids is 2. The molecule has 0 bridgehead atoms. The molecule has 0 spiro atoms. The maximum Gasteiger partial charge on any atom is 0.410 e. The SMILES string of the molecule is CC1C(CCCCC(=O)N2CCCCC2C(=O)O)OC(=O)N1C1CCN(c2ccncc2)CC1. The Morgan fingerprint density at radius 3 is 2.53 bits per heavy atom. The van der Waals surface area contributed by atoms with Crippen molar-refractivity contribution in [2.75, 3.05) is 24.5 Å². The number of nitrogens with zero attached hydrogens (tertiary/aromatic N) is 4. The molecule has 3 unspecified atom stereocenters. The van der Waals surface area contributed by atoms with E-state index in [-0.39, 0.29) is 30.2 Å². The van der Waals surface area contributed by atoms with Crippen molar-refractivity contribution >= 4 is 23.7 Å². The number of carboxylic acids is 1. The Labute approximate surface area is 201 Å². The highest BCUT2D eigenvalue weighted by Crippen LogP contribution is 2.31. The largest absolute Gasteiger partial charge is 0.480 e. The molecule has 0 aliphatic carbocycles. The number of anilines is 1. The summed E-state index contributed by atoms with van der Waals surface area (Å²) in [6.07, 6.45) is 9.78. The summed E-state index contributed by atoms with van der Waals surface area (Å²) in [7, 11) is 0. The van der Waals surface area contributed by atoms with Crippen molar-refractivity contribution < 1.29 is 24.2 Å². The number of carbonyl (C=O) groups is 3. The summed E-state index contributed by atoms with van der Waals surface area (Å²) in [5, 5.41) is 9.38. The van der Waals surface area contributed by atoms with Crippen LogP contribution in [-0.4, -0.2) is 81.7 Å². The summed E-state index contributed by atoms with van der Waals surface area (Å²) in [6.45, 7) is 4.38. The molecule has 9 nitrogen and oxygen atoms in total. The first-order valence-electron chi connectivity index (χ1n) is 12.6. The minimum absolute atomic E-state index is 0.0131. The Morgan fingerprint density at radius 1 is 1.09 bits per heavy atom. The number of piperidine rings is 2. The number of rotatable bonds is 8. The van der Waals surface area contributed by atoms with Crippen LogP contribution in [-0.2, 0) is 14.3 Å². The number of hydrogen-bond acceptors (Lipinski definition) is 6. The Hall–Kier alpha value is -2.84. The van der Waals surface area contributed by atoms with Crippen molar-refractivity contribution in [2.45, 2.75) is 88.9 Å². The first kappa shape index (κ1) is 24.3. The fourth-order valence-electron chi connectivity index (χ4n) is 5.63. The van der Waals surface area contributed by atoms with E-state index in [9.17, 15) is 19.5 Å². The number of ether oxygens (including phenoxy) is 1. The van der Waals surface area contributed by atoms with E-state index >= 15 is 0 Å². The van der Waals surface area contributed by atoms with E-state index in [4.69, 9.17) is 4.74 Å². The van der Waals surface area contributed by atoms with Crippen LogP contribution < -0.4 is 4.90 Å². The Balaban J connectivity index is 1.21. The van der Waals surface area contributed by atoms with Crippen LogP contribution in [0.2, 0.25) is 0 Å². The fourth-order valence-corrected chi connectivity index (χ4v) is 5.63. The zero-order valence-electron chi connectivity index (χ0n) is 20.0. The molecule has 0 radical (unpaired) electrons. The van der Waals surface area contributed by atoms with Gasteiger partial charge >= 0.3 is 12.1 Å². The van der Waals surface area contributed by atoms with Crippen molar-refractivity contribution in [2.24, 2.45) is 0 Å². The Morgan fingerprint density at radius 2 is 1.82 bits per heavy atom. The highest BCUT2D eigenvalue weighted by molar-refractivity contribution is 5.83. The first-order valence-corrected chi connectivity index (χ1v) is 12.6. The van der Waals surface area contributed by atoms with E-state index in [1.807, 2.05) is 17.0 Å². The quantitative estimate of drug-likeness (QED) is 0.579. The average Bonchev–Trinajstić information content (AvgIpc) is 3.15. The number of aromatic nitrogens is 1. The summed E-state index contributed by atoms with van der Waals surface area (Å²) in [5.74, 6) is -0.988. The second kappa shape index (κ2) is 11.1. The first-order chi connectivity index (χ1) is 16.5. The normalized spacial score (nSPS) is 26.0. The van der Waals surface area contributed by atoms with Crippen LogP contribution in [0.25, 0.3) is 0 Å². The molecule has 3 aliphatic rings. The maximum atomic E-state index is 12.7. The highest BCUT2D eigenvalue weighted by Gasteiger charge is 2.43. The number of pyridine rings is 1. The Kier molecular flexibility index (Phi) is 7.90. The van der Waals surface area contributed by atoms with Crippen LogP contribution in [0.3, 0.4) is 0 Å². The Bertz CT molecular complexity index is 858. The molecule has 2 amide bonds. The van der Waals surface area contributed by atoms with E-state index in [0.29, 0.717) is 25.8 Å². The molecule has 3 aliphatic heterocycles. The van der Waals surface area contributed by atoms with Gasteiger partial charge in [-0.05, 0) is 70.4 Å². The number of aliphatic carboxylic acids is 1. The molecule has 1 aromatic rings. The van der Waals surface area contributed by atoms with Crippen molar-refractivity contribution in [3.05, 3.63) is 24.5 Å². The molecule has 9 heteroatoms. The minimum atomic E-state index is -0.911. The van der Waals surface area contributed by atoms with Gasteiger partial charge in [-0.2, -0.15) is 0 Å². The second-order valence-electron chi connectivity index (χ2n) is 9.68. The third-order valence-corrected chi connectivity index (χ3v) is 7.56. The van der Waals surface area contributed by atoms with Gasteiger partial charge in [-0.1, -0.05) is 0 Å². The van der Waals surface area contributed by atoms with Gasteiger partial charge in [0, 0.05) is 50.2 Å². The maximum absolute atomic E-state index is 12.7. The average molecular weight is 473 g/mol. The molecule has 4 heterocycles. The van der Waals surface area contributed by atoms with Gasteiger partial charge in [-0.3, -0.25) is 14.7 Å². The van der Waals surface area contributed by atoms with Gasteiger partial charge in [0.1, 0.15) is 12.1 Å². The predicted molar refractivity (Wildman–Crippen MR) is 126 cm³/mol. The lowest BCUT2D eigenvalue weighted by Crippen LogP contribution is -2.48. The zero-order valence-corrected chi connectivity index (χ0v) is 20.0. The van der Waals surface area contributed by atoms with E-state index < -0.39 is 12.0 Å². The van der Waals surface area contributed by atoms with E-state index in [1.165, 1.54) is 4.90 Å². The molecule has 186 valence electrons. The molecular formula is C25H36N4O5. The molecule has 1 aromatic heterocycles. The van der Waals surface area contributed by atoms with Crippen LogP contribution in [0.4, 0.5) is 10.5 Å². The molecule has 3 fully saturated rings. The molecule has 3 saturated heterocycles. The zero-order chi connectivity index (χ0) is 24.1. The van der Waals surface area contributed by atoms with Gasteiger partial charge in [-0.15, -0.1) is 0 Å². The molecular weight excluding hydrogens is 436 g/mol. The topological polar surface area (TPSA) is 103 Å². The number of carboxylic acid groups (broad SMARTS) is 1. The van der Waals surface area contributed by atoms with Crippen LogP contribution in [0, 0.1) is 0 Å². The van der Waals surface area contributed by atoms with E-state index in [2.05, 4.69) is 16.8 Å². The van der Waals surface area contributed by atoms with Crippen molar-refractivity contribution in [3.63, 3.8) is 0 Å². The predicted octanol–water partition coefficient (Wildman–Crippen LogP) is 3.29. The van der Waals surface area contributed by atoms with Gasteiger partial charge in [0.2, 0.25) is 5.91 Å². The molecule has 4 rings (SSSR count). The lowest BCUT2D eigenvalue weighted by molar-refractivity contribution is -0.152. The van der Waals surface area contributed by atoms with Gasteiger partial charge in [0.25, 0.3) is 0 Å². The fraction of sp³-hybridized carbons (Fsp3) is 0.680. The summed E-state index contributed by atoms with van der Waals surface area (Å²) < 4.78 is 5.71. The van der Waals surface area contributed by atoms with Gasteiger partial charge in [0.05, 0.1) is 6.04 Å². The standard InChI is InChI=1S/C25H36N4O5/c1-18-22(7-2-3-8-23(30)28-15-5-4-6-21(28)24(31)32)34-25(33)29(18)20-11-16-27(17-12-20)19-9-13-26-14-10-19/h9-10,13-14,18,20-22H,2-8,11-12,15-17H2,1H3,(H,31,32). The number of amides is 2.